The predicted molar refractivity (Wildman–Crippen MR) is 117 cm³/mol. The van der Waals surface area contributed by atoms with Crippen LogP contribution in [-0.4, -0.2) is 54.1 Å². The number of hydrogen-bond donors (Lipinski definition) is 1. The first-order valence-corrected chi connectivity index (χ1v) is 10.8. The highest BCUT2D eigenvalue weighted by Crippen LogP contribution is 2.37. The van der Waals surface area contributed by atoms with Gasteiger partial charge in [0, 0.05) is 48.8 Å². The van der Waals surface area contributed by atoms with Gasteiger partial charge in [0.15, 0.2) is 0 Å². The van der Waals surface area contributed by atoms with Gasteiger partial charge in [0.05, 0.1) is 19.2 Å². The van der Waals surface area contributed by atoms with Gasteiger partial charge >= 0.3 is 17.8 Å². The Hall–Kier alpha value is -3.46. The van der Waals surface area contributed by atoms with E-state index in [4.69, 9.17) is 14.2 Å². The highest BCUT2D eigenvalue weighted by atomic mass is 16.8. The van der Waals surface area contributed by atoms with Gasteiger partial charge < -0.3 is 19.5 Å². The Kier molecular flexibility index (Phi) is 6.65. The Morgan fingerprint density at radius 3 is 2.78 bits per heavy atom. The van der Waals surface area contributed by atoms with E-state index in [0.717, 1.165) is 42.7 Å². The topological polar surface area (TPSA) is 103 Å². The molecule has 1 saturated heterocycles. The second-order valence-electron chi connectivity index (χ2n) is 7.53. The molecule has 0 bridgehead atoms. The van der Waals surface area contributed by atoms with Crippen molar-refractivity contribution in [2.24, 2.45) is 0 Å². The van der Waals surface area contributed by atoms with Crippen LogP contribution in [0.3, 0.4) is 0 Å². The van der Waals surface area contributed by atoms with E-state index in [-0.39, 0.29) is 6.42 Å². The molecule has 0 unspecified atom stereocenters. The number of carbonyl (C=O) groups excluding carboxylic acids is 2. The molecule has 32 heavy (non-hydrogen) atoms. The minimum Gasteiger partial charge on any atom is -0.492 e. The van der Waals surface area contributed by atoms with E-state index >= 15 is 0 Å². The highest BCUT2D eigenvalue weighted by molar-refractivity contribution is 5.93. The van der Waals surface area contributed by atoms with Crippen molar-refractivity contribution in [2.75, 3.05) is 31.1 Å². The van der Waals surface area contributed by atoms with Crippen molar-refractivity contribution in [2.45, 2.75) is 32.1 Å². The van der Waals surface area contributed by atoms with Gasteiger partial charge in [-0.3, -0.25) is 9.88 Å². The summed E-state index contributed by atoms with van der Waals surface area (Å²) in [5.74, 6) is -1.71. The fourth-order valence-corrected chi connectivity index (χ4v) is 3.76. The second kappa shape index (κ2) is 9.78. The summed E-state index contributed by atoms with van der Waals surface area (Å²) in [5, 5.41) is 3.28. The minimum atomic E-state index is -1.61. The van der Waals surface area contributed by atoms with Crippen LogP contribution in [0.25, 0.3) is 11.1 Å². The lowest BCUT2D eigenvalue weighted by molar-refractivity contribution is -0.223. The third-order valence-electron chi connectivity index (χ3n) is 5.18. The molecule has 4 heterocycles. The molecule has 2 aromatic heterocycles. The monoisotopic (exact) mass is 438 g/mol. The van der Waals surface area contributed by atoms with Crippen LogP contribution in [0.1, 0.15) is 26.2 Å². The van der Waals surface area contributed by atoms with Crippen molar-refractivity contribution in [3.8, 4) is 16.9 Å². The van der Waals surface area contributed by atoms with Crippen molar-refractivity contribution in [1.29, 1.82) is 0 Å². The van der Waals surface area contributed by atoms with Gasteiger partial charge in [0.25, 0.3) is 0 Å². The molecule has 9 nitrogen and oxygen atoms in total. The van der Waals surface area contributed by atoms with Crippen LogP contribution < -0.4 is 15.0 Å². The van der Waals surface area contributed by atoms with Crippen LogP contribution in [0.4, 0.5) is 5.82 Å². The molecule has 0 amide bonds. The number of rotatable bonds is 5. The number of hydrogen-bond acceptors (Lipinski definition) is 9. The Labute approximate surface area is 186 Å². The Morgan fingerprint density at radius 1 is 1.19 bits per heavy atom. The van der Waals surface area contributed by atoms with E-state index in [1.165, 1.54) is 0 Å². The molecule has 9 heteroatoms. The molecule has 2 aliphatic heterocycles. The molecule has 0 aromatic carbocycles. The van der Waals surface area contributed by atoms with Gasteiger partial charge in [-0.1, -0.05) is 6.92 Å². The van der Waals surface area contributed by atoms with E-state index in [1.807, 2.05) is 25.1 Å². The van der Waals surface area contributed by atoms with Crippen molar-refractivity contribution >= 4 is 17.8 Å². The molecule has 2 aliphatic rings. The summed E-state index contributed by atoms with van der Waals surface area (Å²) in [5.41, 5.74) is 1.56. The highest BCUT2D eigenvalue weighted by Gasteiger charge is 2.47. The summed E-state index contributed by atoms with van der Waals surface area (Å²) in [6, 6.07) is 5.63. The number of pyridine rings is 2. The second-order valence-corrected chi connectivity index (χ2v) is 7.53. The third kappa shape index (κ3) is 4.72. The number of carbonyl (C=O) groups is 2. The molecular formula is C23H26N4O5. The molecule has 4 rings (SSSR count). The van der Waals surface area contributed by atoms with Crippen LogP contribution in [-0.2, 0) is 19.1 Å². The van der Waals surface area contributed by atoms with Gasteiger partial charge in [-0.25, -0.2) is 14.6 Å². The molecule has 1 N–H and O–H groups in total. The fraction of sp³-hybridized carbons (Fsp3) is 0.391. The normalized spacial score (nSPS) is 18.3. The fourth-order valence-electron chi connectivity index (χ4n) is 3.76. The number of aromatic nitrogens is 2. The molecule has 2 aromatic rings. The van der Waals surface area contributed by atoms with Crippen LogP contribution in [0.15, 0.2) is 48.9 Å². The van der Waals surface area contributed by atoms with Gasteiger partial charge in [-0.2, -0.15) is 0 Å². The average Bonchev–Trinajstić information content (AvgIpc) is 2.94. The first-order valence-electron chi connectivity index (χ1n) is 10.8. The van der Waals surface area contributed by atoms with Gasteiger partial charge in [0.1, 0.15) is 11.6 Å². The van der Waals surface area contributed by atoms with E-state index in [2.05, 4.69) is 15.3 Å². The Bertz CT molecular complexity index is 989. The lowest BCUT2D eigenvalue weighted by atomic mass is 10.1. The van der Waals surface area contributed by atoms with E-state index < -0.39 is 17.8 Å². The van der Waals surface area contributed by atoms with Crippen molar-refractivity contribution in [3.63, 3.8) is 0 Å². The van der Waals surface area contributed by atoms with Crippen LogP contribution in [0.2, 0.25) is 0 Å². The smallest absolute Gasteiger partial charge is 0.345 e. The molecule has 1 spiro atoms. The summed E-state index contributed by atoms with van der Waals surface area (Å²) in [4.78, 5) is 35.4. The summed E-state index contributed by atoms with van der Waals surface area (Å²) in [6.45, 7) is 4.36. The molecule has 0 saturated carbocycles. The van der Waals surface area contributed by atoms with Gasteiger partial charge in [-0.05, 0) is 37.6 Å². The molecular weight excluding hydrogens is 412 g/mol. The van der Waals surface area contributed by atoms with Crippen molar-refractivity contribution < 1.29 is 23.8 Å². The zero-order valence-electron chi connectivity index (χ0n) is 18.0. The number of anilines is 1. The minimum absolute atomic E-state index is 0.250. The zero-order valence-corrected chi connectivity index (χ0v) is 18.0. The van der Waals surface area contributed by atoms with Crippen LogP contribution in [0.5, 0.6) is 5.75 Å². The van der Waals surface area contributed by atoms with Gasteiger partial charge in [-0.15, -0.1) is 0 Å². The molecule has 0 atom stereocenters. The van der Waals surface area contributed by atoms with E-state index in [0.29, 0.717) is 31.3 Å². The van der Waals surface area contributed by atoms with Crippen molar-refractivity contribution in [3.05, 3.63) is 48.9 Å². The van der Waals surface area contributed by atoms with Gasteiger partial charge in [0.2, 0.25) is 0 Å². The molecule has 0 aliphatic carbocycles. The predicted octanol–water partition coefficient (Wildman–Crippen LogP) is 2.43. The van der Waals surface area contributed by atoms with E-state index in [1.54, 1.807) is 23.5 Å². The zero-order chi connectivity index (χ0) is 22.4. The molecule has 1 fully saturated rings. The quantitative estimate of drug-likeness (QED) is 0.705. The lowest BCUT2D eigenvalue weighted by Gasteiger charge is -2.43. The first kappa shape index (κ1) is 21.8. The van der Waals surface area contributed by atoms with Crippen LogP contribution >= 0.6 is 0 Å². The third-order valence-corrected chi connectivity index (χ3v) is 5.18. The standard InChI is InChI=1S/C23H26N4O5/c1-2-13-30-18-14-17(15-25-16-18)19-5-3-10-26-22(19)27-12-4-9-24-11-8-23(27)31-20(28)6-7-21(29)32-23/h3,5-7,10,14-16,24H,2,4,8-9,11-13H2,1H3. The summed E-state index contributed by atoms with van der Waals surface area (Å²) < 4.78 is 17.2. The van der Waals surface area contributed by atoms with Crippen LogP contribution in [0, 0.1) is 0 Å². The largest absolute Gasteiger partial charge is 0.492 e. The molecule has 168 valence electrons. The SMILES string of the molecule is CCCOc1cncc(-c2cccnc2N2CCCNCCC23OC(=O)C=CC(=O)O3)c1. The Balaban J connectivity index is 1.78. The summed E-state index contributed by atoms with van der Waals surface area (Å²) in [7, 11) is 0. The number of ether oxygens (including phenoxy) is 3. The van der Waals surface area contributed by atoms with E-state index in [9.17, 15) is 9.59 Å². The average molecular weight is 438 g/mol. The Morgan fingerprint density at radius 2 is 2.00 bits per heavy atom. The maximum atomic E-state index is 12.3. The lowest BCUT2D eigenvalue weighted by Crippen LogP contribution is -2.58. The number of esters is 2. The summed E-state index contributed by atoms with van der Waals surface area (Å²) in [6.07, 6.45) is 9.09. The maximum absolute atomic E-state index is 12.3. The molecule has 0 radical (unpaired) electrons. The first-order chi connectivity index (χ1) is 15.6. The number of nitrogens with one attached hydrogen (secondary N) is 1. The maximum Gasteiger partial charge on any atom is 0.345 e. The summed E-state index contributed by atoms with van der Waals surface area (Å²) >= 11 is 0. The number of nitrogens with zero attached hydrogens (tertiary/aromatic N) is 3. The van der Waals surface area contributed by atoms with Crippen molar-refractivity contribution in [1.82, 2.24) is 15.3 Å².